The predicted molar refractivity (Wildman–Crippen MR) is 91.8 cm³/mol. The summed E-state index contributed by atoms with van der Waals surface area (Å²) >= 11 is 0. The van der Waals surface area contributed by atoms with Crippen LogP contribution in [-0.4, -0.2) is 58.7 Å². The number of carbonyl (C=O) groups excluding carboxylic acids is 1. The van der Waals surface area contributed by atoms with E-state index in [1.165, 1.54) is 6.20 Å². The van der Waals surface area contributed by atoms with E-state index in [2.05, 4.69) is 10.4 Å². The average Bonchev–Trinajstić information content (AvgIpc) is 3.10. The van der Waals surface area contributed by atoms with E-state index >= 15 is 0 Å². The van der Waals surface area contributed by atoms with Crippen LogP contribution in [0.2, 0.25) is 0 Å². The summed E-state index contributed by atoms with van der Waals surface area (Å²) in [7, 11) is 0. The summed E-state index contributed by atoms with van der Waals surface area (Å²) in [6, 6.07) is 9.54. The number of hydrogen-bond acceptors (Lipinski definition) is 5. The summed E-state index contributed by atoms with van der Waals surface area (Å²) in [5, 5.41) is 15.9. The van der Waals surface area contributed by atoms with Gasteiger partial charge in [-0.25, -0.2) is 4.79 Å². The highest BCUT2D eigenvalue weighted by molar-refractivity contribution is 5.93. The van der Waals surface area contributed by atoms with Crippen LogP contribution < -0.4 is 5.32 Å². The molecule has 0 aliphatic carbocycles. The fourth-order valence-corrected chi connectivity index (χ4v) is 2.81. The standard InChI is InChI=1S/C18H21N3O5/c22-17(23)12-26-16-11-25-7-6-15(16)20-18(24)14-8-19-21(10-14)9-13-4-2-1-3-5-13/h1-5,8,10,15-16H,6-7,9,11-12H2,(H,20,24)(H,22,23)/t15-,16-/m1/s1. The van der Waals surface area contributed by atoms with Crippen molar-refractivity contribution in [2.45, 2.75) is 25.1 Å². The van der Waals surface area contributed by atoms with E-state index in [0.29, 0.717) is 25.1 Å². The second kappa shape index (κ2) is 8.59. The zero-order chi connectivity index (χ0) is 18.4. The number of carboxylic acids is 1. The Labute approximate surface area is 150 Å². The van der Waals surface area contributed by atoms with Gasteiger partial charge in [0.25, 0.3) is 5.91 Å². The van der Waals surface area contributed by atoms with Crippen LogP contribution in [0.1, 0.15) is 22.3 Å². The monoisotopic (exact) mass is 359 g/mol. The van der Waals surface area contributed by atoms with Gasteiger partial charge in [-0.15, -0.1) is 0 Å². The summed E-state index contributed by atoms with van der Waals surface area (Å²) in [4.78, 5) is 23.2. The van der Waals surface area contributed by atoms with Crippen molar-refractivity contribution < 1.29 is 24.2 Å². The van der Waals surface area contributed by atoms with Gasteiger partial charge in [0.05, 0.1) is 31.0 Å². The normalized spacial score (nSPS) is 19.8. The van der Waals surface area contributed by atoms with Gasteiger partial charge in [0.2, 0.25) is 0 Å². The fourth-order valence-electron chi connectivity index (χ4n) is 2.81. The van der Waals surface area contributed by atoms with Crippen molar-refractivity contribution in [2.75, 3.05) is 19.8 Å². The Balaban J connectivity index is 1.59. The zero-order valence-corrected chi connectivity index (χ0v) is 14.2. The van der Waals surface area contributed by atoms with Crippen LogP contribution in [0.5, 0.6) is 0 Å². The highest BCUT2D eigenvalue weighted by Crippen LogP contribution is 2.13. The lowest BCUT2D eigenvalue weighted by Crippen LogP contribution is -2.50. The van der Waals surface area contributed by atoms with Gasteiger partial charge in [-0.3, -0.25) is 9.48 Å². The molecule has 0 bridgehead atoms. The molecule has 1 aromatic heterocycles. The van der Waals surface area contributed by atoms with Crippen LogP contribution in [0.3, 0.4) is 0 Å². The number of nitrogens with one attached hydrogen (secondary N) is 1. The number of nitrogens with zero attached hydrogens (tertiary/aromatic N) is 2. The molecule has 138 valence electrons. The number of ether oxygens (including phenoxy) is 2. The maximum Gasteiger partial charge on any atom is 0.329 e. The summed E-state index contributed by atoms with van der Waals surface area (Å²) in [5.74, 6) is -1.32. The van der Waals surface area contributed by atoms with Gasteiger partial charge < -0.3 is 19.9 Å². The van der Waals surface area contributed by atoms with Crippen LogP contribution in [0.15, 0.2) is 42.7 Å². The Bertz CT molecular complexity index is 746. The number of aliphatic carboxylic acids is 1. The molecule has 2 heterocycles. The fraction of sp³-hybridized carbons (Fsp3) is 0.389. The van der Waals surface area contributed by atoms with Crippen molar-refractivity contribution >= 4 is 11.9 Å². The molecule has 3 rings (SSSR count). The molecule has 1 fully saturated rings. The first-order valence-corrected chi connectivity index (χ1v) is 8.40. The Morgan fingerprint density at radius 3 is 2.92 bits per heavy atom. The van der Waals surface area contributed by atoms with Crippen LogP contribution in [0, 0.1) is 0 Å². The maximum absolute atomic E-state index is 12.5. The third-order valence-corrected chi connectivity index (χ3v) is 4.12. The molecule has 1 amide bonds. The molecule has 8 heteroatoms. The summed E-state index contributed by atoms with van der Waals surface area (Å²) in [6.45, 7) is 0.905. The van der Waals surface area contributed by atoms with Crippen molar-refractivity contribution in [1.29, 1.82) is 0 Å². The molecule has 0 saturated carbocycles. The highest BCUT2D eigenvalue weighted by Gasteiger charge is 2.29. The Morgan fingerprint density at radius 1 is 1.35 bits per heavy atom. The lowest BCUT2D eigenvalue weighted by molar-refractivity contribution is -0.148. The van der Waals surface area contributed by atoms with Crippen molar-refractivity contribution in [3.05, 3.63) is 53.9 Å². The van der Waals surface area contributed by atoms with E-state index in [1.54, 1.807) is 10.9 Å². The predicted octanol–water partition coefficient (Wildman–Crippen LogP) is 0.920. The molecular weight excluding hydrogens is 338 g/mol. The minimum absolute atomic E-state index is 0.255. The summed E-state index contributed by atoms with van der Waals surface area (Å²) < 4.78 is 12.3. The Morgan fingerprint density at radius 2 is 2.15 bits per heavy atom. The minimum atomic E-state index is -1.05. The third-order valence-electron chi connectivity index (χ3n) is 4.12. The molecule has 0 radical (unpaired) electrons. The van der Waals surface area contributed by atoms with E-state index < -0.39 is 18.7 Å². The second-order valence-corrected chi connectivity index (χ2v) is 6.10. The van der Waals surface area contributed by atoms with Gasteiger partial charge >= 0.3 is 5.97 Å². The van der Waals surface area contributed by atoms with Crippen LogP contribution in [0.4, 0.5) is 0 Å². The number of carbonyl (C=O) groups is 2. The Kier molecular flexibility index (Phi) is 5.98. The first-order valence-electron chi connectivity index (χ1n) is 8.40. The number of rotatable bonds is 7. The lowest BCUT2D eigenvalue weighted by Gasteiger charge is -2.31. The number of hydrogen-bond donors (Lipinski definition) is 2. The zero-order valence-electron chi connectivity index (χ0n) is 14.2. The minimum Gasteiger partial charge on any atom is -0.480 e. The van der Waals surface area contributed by atoms with E-state index in [9.17, 15) is 9.59 Å². The first kappa shape index (κ1) is 18.1. The van der Waals surface area contributed by atoms with Crippen LogP contribution in [0.25, 0.3) is 0 Å². The second-order valence-electron chi connectivity index (χ2n) is 6.10. The molecule has 2 N–H and O–H groups in total. The van der Waals surface area contributed by atoms with Gasteiger partial charge in [0, 0.05) is 12.8 Å². The third kappa shape index (κ3) is 4.90. The molecule has 0 spiro atoms. The molecule has 1 aliphatic rings. The van der Waals surface area contributed by atoms with Gasteiger partial charge in [0.15, 0.2) is 0 Å². The summed E-state index contributed by atoms with van der Waals surface area (Å²) in [6.07, 6.45) is 3.29. The van der Waals surface area contributed by atoms with E-state index in [1.807, 2.05) is 30.3 Å². The van der Waals surface area contributed by atoms with Crippen LogP contribution in [-0.2, 0) is 20.8 Å². The highest BCUT2D eigenvalue weighted by atomic mass is 16.5. The molecule has 1 saturated heterocycles. The van der Waals surface area contributed by atoms with Gasteiger partial charge in [-0.2, -0.15) is 5.10 Å². The first-order chi connectivity index (χ1) is 12.6. The van der Waals surface area contributed by atoms with E-state index in [4.69, 9.17) is 14.6 Å². The van der Waals surface area contributed by atoms with Gasteiger partial charge in [-0.1, -0.05) is 30.3 Å². The van der Waals surface area contributed by atoms with Gasteiger partial charge in [-0.05, 0) is 12.0 Å². The molecule has 26 heavy (non-hydrogen) atoms. The lowest BCUT2D eigenvalue weighted by atomic mass is 10.1. The maximum atomic E-state index is 12.5. The van der Waals surface area contributed by atoms with Crippen LogP contribution >= 0.6 is 0 Å². The number of amides is 1. The Hall–Kier alpha value is -2.71. The molecule has 8 nitrogen and oxygen atoms in total. The molecule has 0 unspecified atom stereocenters. The number of aromatic nitrogens is 2. The molecule has 2 aromatic rings. The van der Waals surface area contributed by atoms with Gasteiger partial charge in [0.1, 0.15) is 12.7 Å². The topological polar surface area (TPSA) is 103 Å². The number of carboxylic acid groups (broad SMARTS) is 1. The molecule has 2 atom stereocenters. The van der Waals surface area contributed by atoms with Crippen molar-refractivity contribution in [2.24, 2.45) is 0 Å². The average molecular weight is 359 g/mol. The summed E-state index contributed by atoms with van der Waals surface area (Å²) in [5.41, 5.74) is 1.54. The molecular formula is C18H21N3O5. The smallest absolute Gasteiger partial charge is 0.329 e. The molecule has 1 aromatic carbocycles. The van der Waals surface area contributed by atoms with E-state index in [-0.39, 0.29) is 18.6 Å². The van der Waals surface area contributed by atoms with E-state index in [0.717, 1.165) is 5.56 Å². The quantitative estimate of drug-likeness (QED) is 0.762. The largest absolute Gasteiger partial charge is 0.480 e. The van der Waals surface area contributed by atoms with Crippen molar-refractivity contribution in [3.63, 3.8) is 0 Å². The SMILES string of the molecule is O=C(O)CO[C@@H]1COCC[C@H]1NC(=O)c1cnn(Cc2ccccc2)c1. The van der Waals surface area contributed by atoms with Crippen molar-refractivity contribution in [3.8, 4) is 0 Å². The number of benzene rings is 1. The molecule has 1 aliphatic heterocycles. The van der Waals surface area contributed by atoms with Crippen molar-refractivity contribution in [1.82, 2.24) is 15.1 Å².